The lowest BCUT2D eigenvalue weighted by Gasteiger charge is -2.01. The smallest absolute Gasteiger partial charge is 0.278 e. The summed E-state index contributed by atoms with van der Waals surface area (Å²) in [5.41, 5.74) is 2.92. The minimum Gasteiger partial charge on any atom is -0.339 e. The van der Waals surface area contributed by atoms with Crippen molar-refractivity contribution in [2.75, 3.05) is 12.1 Å². The summed E-state index contributed by atoms with van der Waals surface area (Å²) >= 11 is 0. The molecule has 3 N–H and O–H groups in total. The lowest BCUT2D eigenvalue weighted by molar-refractivity contribution is 0.207. The molecular formula is C7H9N5O2. The molecule has 0 amide bonds. The van der Waals surface area contributed by atoms with Gasteiger partial charge in [0.1, 0.15) is 0 Å². The average molecular weight is 195 g/mol. The zero-order valence-corrected chi connectivity index (χ0v) is 7.50. The van der Waals surface area contributed by atoms with E-state index >= 15 is 0 Å². The molecule has 74 valence electrons. The van der Waals surface area contributed by atoms with E-state index in [4.69, 9.17) is 4.84 Å². The Labute approximate surface area is 78.5 Å². The monoisotopic (exact) mass is 195 g/mol. The first-order valence-corrected chi connectivity index (χ1v) is 4.12. The van der Waals surface area contributed by atoms with Crippen LogP contribution in [0.5, 0.6) is 0 Å². The van der Waals surface area contributed by atoms with Crippen LogP contribution in [0.1, 0.15) is 6.92 Å². The van der Waals surface area contributed by atoms with E-state index in [2.05, 4.69) is 25.4 Å². The Bertz CT molecular complexity index is 488. The van der Waals surface area contributed by atoms with Gasteiger partial charge in [-0.05, 0) is 6.92 Å². The lowest BCUT2D eigenvalue weighted by atomic mass is 10.5. The van der Waals surface area contributed by atoms with Gasteiger partial charge in [0.15, 0.2) is 11.2 Å². The molecule has 0 aromatic carbocycles. The SMILES string of the molecule is CCONc1nc2nc[nH]c2c(=O)[nH]1. The molecule has 0 unspecified atom stereocenters. The van der Waals surface area contributed by atoms with Gasteiger partial charge in [-0.25, -0.2) is 10.5 Å². The fourth-order valence-electron chi connectivity index (χ4n) is 1.03. The first-order chi connectivity index (χ1) is 6.81. The predicted octanol–water partition coefficient (Wildman–Crippen LogP) is 0.00960. The molecule has 0 atom stereocenters. The van der Waals surface area contributed by atoms with Crippen LogP contribution in [0.15, 0.2) is 11.1 Å². The second kappa shape index (κ2) is 3.46. The summed E-state index contributed by atoms with van der Waals surface area (Å²) in [6.45, 7) is 2.29. The summed E-state index contributed by atoms with van der Waals surface area (Å²) in [5, 5.41) is 0. The van der Waals surface area contributed by atoms with Crippen LogP contribution in [0, 0.1) is 0 Å². The van der Waals surface area contributed by atoms with E-state index in [1.54, 1.807) is 0 Å². The van der Waals surface area contributed by atoms with Crippen molar-refractivity contribution in [3.8, 4) is 0 Å². The number of H-pyrrole nitrogens is 2. The molecule has 0 spiro atoms. The summed E-state index contributed by atoms with van der Waals surface area (Å²) in [6.07, 6.45) is 1.41. The molecule has 0 fully saturated rings. The number of anilines is 1. The van der Waals surface area contributed by atoms with Gasteiger partial charge in [0.2, 0.25) is 5.95 Å². The van der Waals surface area contributed by atoms with E-state index in [9.17, 15) is 4.79 Å². The number of hydrogen-bond donors (Lipinski definition) is 3. The largest absolute Gasteiger partial charge is 0.339 e. The van der Waals surface area contributed by atoms with E-state index in [0.717, 1.165) is 0 Å². The Kier molecular flexibility index (Phi) is 2.15. The third-order valence-corrected chi connectivity index (χ3v) is 1.61. The van der Waals surface area contributed by atoms with Crippen LogP contribution in [0.3, 0.4) is 0 Å². The van der Waals surface area contributed by atoms with Gasteiger partial charge in [-0.1, -0.05) is 0 Å². The molecule has 0 aliphatic rings. The second-order valence-corrected chi connectivity index (χ2v) is 2.55. The predicted molar refractivity (Wildman–Crippen MR) is 49.8 cm³/mol. The number of rotatable bonds is 3. The highest BCUT2D eigenvalue weighted by molar-refractivity contribution is 5.69. The molecule has 0 radical (unpaired) electrons. The number of aromatic nitrogens is 4. The molecule has 0 saturated carbocycles. The van der Waals surface area contributed by atoms with Crippen LogP contribution in [0.2, 0.25) is 0 Å². The Hall–Kier alpha value is -1.89. The molecule has 2 aromatic rings. The number of hydrogen-bond acceptors (Lipinski definition) is 5. The zero-order chi connectivity index (χ0) is 9.97. The molecule has 0 aliphatic heterocycles. The molecule has 2 heterocycles. The van der Waals surface area contributed by atoms with Crippen molar-refractivity contribution in [2.24, 2.45) is 0 Å². The van der Waals surface area contributed by atoms with Crippen molar-refractivity contribution in [3.05, 3.63) is 16.7 Å². The summed E-state index contributed by atoms with van der Waals surface area (Å²) in [6, 6.07) is 0. The molecule has 0 saturated heterocycles. The van der Waals surface area contributed by atoms with E-state index in [0.29, 0.717) is 17.8 Å². The Balaban J connectivity index is 2.43. The maximum absolute atomic E-state index is 11.4. The molecule has 2 aromatic heterocycles. The number of nitrogens with one attached hydrogen (secondary N) is 3. The minimum absolute atomic E-state index is 0.247. The minimum atomic E-state index is -0.283. The molecule has 7 nitrogen and oxygen atoms in total. The van der Waals surface area contributed by atoms with Crippen molar-refractivity contribution in [3.63, 3.8) is 0 Å². The van der Waals surface area contributed by atoms with E-state index in [1.807, 2.05) is 6.92 Å². The highest BCUT2D eigenvalue weighted by atomic mass is 16.6. The van der Waals surface area contributed by atoms with Crippen LogP contribution in [0.4, 0.5) is 5.95 Å². The van der Waals surface area contributed by atoms with Gasteiger partial charge in [0, 0.05) is 0 Å². The normalized spacial score (nSPS) is 10.6. The summed E-state index contributed by atoms with van der Waals surface area (Å²) < 4.78 is 0. The zero-order valence-electron chi connectivity index (χ0n) is 7.50. The van der Waals surface area contributed by atoms with Gasteiger partial charge in [0.05, 0.1) is 12.9 Å². The van der Waals surface area contributed by atoms with E-state index in [-0.39, 0.29) is 11.5 Å². The first-order valence-electron chi connectivity index (χ1n) is 4.12. The van der Waals surface area contributed by atoms with Gasteiger partial charge in [-0.2, -0.15) is 4.98 Å². The number of aromatic amines is 2. The fourth-order valence-corrected chi connectivity index (χ4v) is 1.03. The third-order valence-electron chi connectivity index (χ3n) is 1.61. The summed E-state index contributed by atoms with van der Waals surface area (Å²) in [4.78, 5) is 29.3. The summed E-state index contributed by atoms with van der Waals surface area (Å²) in [7, 11) is 0. The average Bonchev–Trinajstić information content (AvgIpc) is 2.63. The van der Waals surface area contributed by atoms with Gasteiger partial charge in [-0.3, -0.25) is 14.6 Å². The van der Waals surface area contributed by atoms with Crippen molar-refractivity contribution < 1.29 is 4.84 Å². The van der Waals surface area contributed by atoms with Crippen molar-refractivity contribution in [2.45, 2.75) is 6.92 Å². The Morgan fingerprint density at radius 3 is 3.29 bits per heavy atom. The Morgan fingerprint density at radius 1 is 1.64 bits per heavy atom. The molecule has 7 heteroatoms. The van der Waals surface area contributed by atoms with Crippen LogP contribution in [0.25, 0.3) is 11.2 Å². The number of imidazole rings is 1. The topological polar surface area (TPSA) is 95.7 Å². The molecule has 14 heavy (non-hydrogen) atoms. The standard InChI is InChI=1S/C7H9N5O2/c1-2-14-12-7-10-5-4(6(13)11-7)8-3-9-5/h3H,2H2,1H3,(H3,8,9,10,11,12,13). The number of nitrogens with zero attached hydrogens (tertiary/aromatic N) is 2. The van der Waals surface area contributed by atoms with Crippen molar-refractivity contribution in [1.29, 1.82) is 0 Å². The summed E-state index contributed by atoms with van der Waals surface area (Å²) in [5.74, 6) is 0.247. The number of fused-ring (bicyclic) bond motifs is 1. The molecule has 0 bridgehead atoms. The lowest BCUT2D eigenvalue weighted by Crippen LogP contribution is -2.13. The second-order valence-electron chi connectivity index (χ2n) is 2.55. The van der Waals surface area contributed by atoms with Crippen LogP contribution in [-0.2, 0) is 4.84 Å². The van der Waals surface area contributed by atoms with Crippen molar-refractivity contribution >= 4 is 17.1 Å². The van der Waals surface area contributed by atoms with Crippen LogP contribution >= 0.6 is 0 Å². The molecule has 2 rings (SSSR count). The third kappa shape index (κ3) is 1.44. The highest BCUT2D eigenvalue weighted by Crippen LogP contribution is 2.02. The Morgan fingerprint density at radius 2 is 2.50 bits per heavy atom. The van der Waals surface area contributed by atoms with Crippen molar-refractivity contribution in [1.82, 2.24) is 19.9 Å². The van der Waals surface area contributed by atoms with E-state index in [1.165, 1.54) is 6.33 Å². The molecular weight excluding hydrogens is 186 g/mol. The van der Waals surface area contributed by atoms with E-state index < -0.39 is 0 Å². The van der Waals surface area contributed by atoms with Crippen LogP contribution < -0.4 is 11.0 Å². The maximum atomic E-state index is 11.4. The van der Waals surface area contributed by atoms with Crippen LogP contribution in [-0.4, -0.2) is 26.5 Å². The quantitative estimate of drug-likeness (QED) is 0.599. The van der Waals surface area contributed by atoms with Gasteiger partial charge in [-0.15, -0.1) is 0 Å². The fraction of sp³-hybridized carbons (Fsp3) is 0.286. The van der Waals surface area contributed by atoms with Gasteiger partial charge in [0.25, 0.3) is 5.56 Å². The first kappa shape index (κ1) is 8.70. The highest BCUT2D eigenvalue weighted by Gasteiger charge is 2.04. The maximum Gasteiger partial charge on any atom is 0.278 e. The molecule has 0 aliphatic carbocycles. The van der Waals surface area contributed by atoms with Gasteiger partial charge < -0.3 is 4.98 Å². The van der Waals surface area contributed by atoms with Gasteiger partial charge >= 0.3 is 0 Å².